The summed E-state index contributed by atoms with van der Waals surface area (Å²) in [7, 11) is 3.91. The van der Waals surface area contributed by atoms with Crippen molar-refractivity contribution >= 4 is 11.7 Å². The predicted octanol–water partition coefficient (Wildman–Crippen LogP) is 1.19. The zero-order valence-electron chi connectivity index (χ0n) is 14.0. The quantitative estimate of drug-likeness (QED) is 0.840. The molecule has 6 heteroatoms. The fourth-order valence-corrected chi connectivity index (χ4v) is 3.01. The Morgan fingerprint density at radius 2 is 1.83 bits per heavy atom. The minimum absolute atomic E-state index is 0.104. The molecule has 0 radical (unpaired) electrons. The molecule has 0 N–H and O–H groups in total. The summed E-state index contributed by atoms with van der Waals surface area (Å²) >= 11 is 0. The molecule has 1 aromatic rings. The van der Waals surface area contributed by atoms with Gasteiger partial charge in [-0.05, 0) is 14.0 Å². The highest BCUT2D eigenvalue weighted by molar-refractivity contribution is 5.99. The summed E-state index contributed by atoms with van der Waals surface area (Å²) < 4.78 is 0. The average Bonchev–Trinajstić information content (AvgIpc) is 2.83. The van der Waals surface area contributed by atoms with Gasteiger partial charge in [-0.2, -0.15) is 0 Å². The van der Waals surface area contributed by atoms with E-state index in [1.54, 1.807) is 5.06 Å². The van der Waals surface area contributed by atoms with Crippen LogP contribution in [0.5, 0.6) is 0 Å². The van der Waals surface area contributed by atoms with Gasteiger partial charge in [0.2, 0.25) is 5.91 Å². The van der Waals surface area contributed by atoms with E-state index in [1.807, 2.05) is 49.2 Å². The number of likely N-dealkylation sites (N-methyl/N-ethyl adjacent to an activating group) is 1. The van der Waals surface area contributed by atoms with Gasteiger partial charge in [-0.1, -0.05) is 30.3 Å². The highest BCUT2D eigenvalue weighted by atomic mass is 16.7. The van der Waals surface area contributed by atoms with Crippen molar-refractivity contribution in [3.63, 3.8) is 0 Å². The highest BCUT2D eigenvalue weighted by Gasteiger charge is 2.39. The van der Waals surface area contributed by atoms with Crippen LogP contribution in [0.2, 0.25) is 0 Å². The summed E-state index contributed by atoms with van der Waals surface area (Å²) in [5.74, 6) is 0.867. The van der Waals surface area contributed by atoms with Gasteiger partial charge in [-0.3, -0.25) is 4.79 Å². The number of amides is 1. The van der Waals surface area contributed by atoms with Crippen molar-refractivity contribution in [1.82, 2.24) is 14.9 Å². The number of hydrogen-bond donors (Lipinski definition) is 0. The van der Waals surface area contributed by atoms with Crippen LogP contribution in [0.3, 0.4) is 0 Å². The topological polar surface area (TPSA) is 48.4 Å². The molecule has 3 rings (SSSR count). The molecule has 1 aromatic carbocycles. The van der Waals surface area contributed by atoms with Gasteiger partial charge in [0.05, 0.1) is 6.42 Å². The molecule has 2 aliphatic heterocycles. The van der Waals surface area contributed by atoms with Crippen LogP contribution in [0.25, 0.3) is 0 Å². The molecule has 0 aliphatic carbocycles. The van der Waals surface area contributed by atoms with Crippen LogP contribution >= 0.6 is 0 Å². The second-order valence-electron chi connectivity index (χ2n) is 6.43. The zero-order chi connectivity index (χ0) is 16.4. The Hall–Kier alpha value is -1.92. The van der Waals surface area contributed by atoms with Crippen LogP contribution < -0.4 is 0 Å². The van der Waals surface area contributed by atoms with Crippen molar-refractivity contribution in [2.45, 2.75) is 19.1 Å². The number of piperazine rings is 1. The van der Waals surface area contributed by atoms with E-state index >= 15 is 0 Å². The van der Waals surface area contributed by atoms with Gasteiger partial charge >= 0.3 is 0 Å². The van der Waals surface area contributed by atoms with Gasteiger partial charge in [0.15, 0.2) is 11.6 Å². The third-order valence-electron chi connectivity index (χ3n) is 4.34. The molecule has 1 atom stereocenters. The lowest BCUT2D eigenvalue weighted by atomic mass is 10.1. The summed E-state index contributed by atoms with van der Waals surface area (Å²) in [4.78, 5) is 27.2. The Kier molecular flexibility index (Phi) is 4.37. The molecule has 1 fully saturated rings. The number of aliphatic imine (C=N–C) groups is 1. The van der Waals surface area contributed by atoms with Gasteiger partial charge in [-0.15, -0.1) is 0 Å². The number of nitrogens with zero attached hydrogens (tertiary/aromatic N) is 4. The van der Waals surface area contributed by atoms with E-state index in [-0.39, 0.29) is 12.3 Å². The maximum atomic E-state index is 12.6. The monoisotopic (exact) mass is 316 g/mol. The van der Waals surface area contributed by atoms with Crippen LogP contribution in [-0.4, -0.2) is 72.6 Å². The van der Waals surface area contributed by atoms with Crippen LogP contribution in [0.1, 0.15) is 18.9 Å². The molecule has 0 bridgehead atoms. The van der Waals surface area contributed by atoms with Gasteiger partial charge < -0.3 is 9.80 Å². The largest absolute Gasteiger partial charge is 0.340 e. The summed E-state index contributed by atoms with van der Waals surface area (Å²) in [6.07, 6.45) is 0.261. The molecule has 6 nitrogen and oxygen atoms in total. The molecule has 0 saturated carbocycles. The molecular weight excluding hydrogens is 292 g/mol. The first-order valence-electron chi connectivity index (χ1n) is 8.01. The minimum atomic E-state index is -0.833. The van der Waals surface area contributed by atoms with Crippen molar-refractivity contribution < 1.29 is 9.63 Å². The van der Waals surface area contributed by atoms with E-state index in [2.05, 4.69) is 16.9 Å². The molecular formula is C17H24N4O2. The maximum Gasteiger partial charge on any atom is 0.227 e. The van der Waals surface area contributed by atoms with E-state index in [9.17, 15) is 4.79 Å². The lowest BCUT2D eigenvalue weighted by Gasteiger charge is -2.33. The Labute approximate surface area is 137 Å². The number of benzene rings is 1. The van der Waals surface area contributed by atoms with E-state index < -0.39 is 5.72 Å². The number of amidine groups is 1. The summed E-state index contributed by atoms with van der Waals surface area (Å²) in [6, 6.07) is 9.89. The van der Waals surface area contributed by atoms with Crippen molar-refractivity contribution in [1.29, 1.82) is 0 Å². The molecule has 124 valence electrons. The van der Waals surface area contributed by atoms with Crippen LogP contribution in [-0.2, 0) is 9.63 Å². The smallest absolute Gasteiger partial charge is 0.227 e. The molecule has 23 heavy (non-hydrogen) atoms. The lowest BCUT2D eigenvalue weighted by Crippen LogP contribution is -2.48. The van der Waals surface area contributed by atoms with Crippen molar-refractivity contribution in [2.75, 3.05) is 40.3 Å². The third kappa shape index (κ3) is 3.54. The van der Waals surface area contributed by atoms with E-state index in [0.717, 1.165) is 37.6 Å². The van der Waals surface area contributed by atoms with Gasteiger partial charge in [0.1, 0.15) is 0 Å². The second-order valence-corrected chi connectivity index (χ2v) is 6.43. The normalized spacial score (nSPS) is 25.6. The highest BCUT2D eigenvalue weighted by Crippen LogP contribution is 2.28. The maximum absolute atomic E-state index is 12.6. The Bertz CT molecular complexity index is 596. The SMILES string of the molecule is CN1CCN(C(=O)CC2(C)N=C(c3ccccc3)N(C)O2)CC1. The molecule has 0 spiro atoms. The summed E-state index contributed by atoms with van der Waals surface area (Å²) in [6.45, 7) is 5.25. The van der Waals surface area contributed by atoms with Crippen LogP contribution in [0.15, 0.2) is 35.3 Å². The van der Waals surface area contributed by atoms with Gasteiger partial charge in [0, 0.05) is 38.8 Å². The van der Waals surface area contributed by atoms with Gasteiger partial charge in [0.25, 0.3) is 0 Å². The third-order valence-corrected chi connectivity index (χ3v) is 4.34. The Morgan fingerprint density at radius 1 is 1.17 bits per heavy atom. The number of carbonyl (C=O) groups excluding carboxylic acids is 1. The first kappa shape index (κ1) is 16.0. The zero-order valence-corrected chi connectivity index (χ0v) is 14.0. The van der Waals surface area contributed by atoms with E-state index in [0.29, 0.717) is 0 Å². The summed E-state index contributed by atoms with van der Waals surface area (Å²) in [5.41, 5.74) is 0.158. The molecule has 2 aliphatic rings. The molecule has 0 aromatic heterocycles. The fourth-order valence-electron chi connectivity index (χ4n) is 3.01. The number of hydroxylamine groups is 2. The minimum Gasteiger partial charge on any atom is -0.340 e. The van der Waals surface area contributed by atoms with Crippen molar-refractivity contribution in [3.05, 3.63) is 35.9 Å². The first-order valence-corrected chi connectivity index (χ1v) is 8.01. The lowest BCUT2D eigenvalue weighted by molar-refractivity contribution is -0.171. The van der Waals surface area contributed by atoms with Crippen LogP contribution in [0, 0.1) is 0 Å². The van der Waals surface area contributed by atoms with Crippen molar-refractivity contribution in [3.8, 4) is 0 Å². The van der Waals surface area contributed by atoms with E-state index in [1.165, 1.54) is 0 Å². The van der Waals surface area contributed by atoms with E-state index in [4.69, 9.17) is 4.84 Å². The molecule has 2 heterocycles. The standard InChI is InChI=1S/C17H24N4O2/c1-17(13-15(22)21-11-9-19(2)10-12-21)18-16(20(3)23-17)14-7-5-4-6-8-14/h4-8H,9-13H2,1-3H3. The Morgan fingerprint density at radius 3 is 2.48 bits per heavy atom. The van der Waals surface area contributed by atoms with Gasteiger partial charge in [-0.25, -0.2) is 14.9 Å². The number of hydrogen-bond acceptors (Lipinski definition) is 5. The molecule has 1 saturated heterocycles. The molecule has 1 unspecified atom stereocenters. The number of carbonyl (C=O) groups is 1. The second kappa shape index (κ2) is 6.29. The summed E-state index contributed by atoms with van der Waals surface area (Å²) in [5, 5.41) is 1.66. The predicted molar refractivity (Wildman–Crippen MR) is 88.9 cm³/mol. The molecule has 1 amide bonds. The van der Waals surface area contributed by atoms with Crippen molar-refractivity contribution in [2.24, 2.45) is 4.99 Å². The first-order chi connectivity index (χ1) is 11.0. The fraction of sp³-hybridized carbons (Fsp3) is 0.529. The Balaban J connectivity index is 1.70. The average molecular weight is 316 g/mol. The van der Waals surface area contributed by atoms with Crippen LogP contribution in [0.4, 0.5) is 0 Å². The number of rotatable bonds is 3.